The molecular formula is C14H21NO4. The molecule has 0 saturated heterocycles. The fourth-order valence-corrected chi connectivity index (χ4v) is 2.41. The number of aryl methyl sites for hydroxylation is 1. The van der Waals surface area contributed by atoms with Crippen molar-refractivity contribution in [3.05, 3.63) is 23.2 Å². The third-order valence-corrected chi connectivity index (χ3v) is 3.40. The number of furan rings is 1. The number of nitrogens with one attached hydrogen (secondary N) is 1. The Morgan fingerprint density at radius 2 is 2.26 bits per heavy atom. The van der Waals surface area contributed by atoms with E-state index >= 15 is 0 Å². The Labute approximate surface area is 112 Å². The first kappa shape index (κ1) is 14.1. The summed E-state index contributed by atoms with van der Waals surface area (Å²) in [5.41, 5.74) is 0.659. The Kier molecular flexibility index (Phi) is 4.99. The van der Waals surface area contributed by atoms with Crippen molar-refractivity contribution in [2.75, 3.05) is 13.2 Å². The van der Waals surface area contributed by atoms with Crippen molar-refractivity contribution >= 4 is 5.97 Å². The summed E-state index contributed by atoms with van der Waals surface area (Å²) >= 11 is 0. The molecule has 0 spiro atoms. The zero-order chi connectivity index (χ0) is 13.7. The van der Waals surface area contributed by atoms with Crippen LogP contribution in [-0.2, 0) is 11.3 Å². The molecular weight excluding hydrogens is 246 g/mol. The van der Waals surface area contributed by atoms with Crippen molar-refractivity contribution in [3.63, 3.8) is 0 Å². The van der Waals surface area contributed by atoms with Gasteiger partial charge in [0.25, 0.3) is 0 Å². The molecule has 0 aromatic carbocycles. The van der Waals surface area contributed by atoms with Gasteiger partial charge in [0.1, 0.15) is 5.76 Å². The summed E-state index contributed by atoms with van der Waals surface area (Å²) in [6, 6.07) is 1.76. The molecule has 1 aliphatic carbocycles. The van der Waals surface area contributed by atoms with Crippen LogP contribution in [0.2, 0.25) is 0 Å². The first-order valence-corrected chi connectivity index (χ1v) is 6.81. The fourth-order valence-electron chi connectivity index (χ4n) is 2.41. The minimum absolute atomic E-state index is 0.0269. The minimum Gasteiger partial charge on any atom is -0.475 e. The fraction of sp³-hybridized carbons (Fsp3) is 0.643. The van der Waals surface area contributed by atoms with Crippen LogP contribution in [0.15, 0.2) is 10.5 Å². The van der Waals surface area contributed by atoms with Crippen LogP contribution in [0, 0.1) is 6.92 Å². The molecule has 0 bridgehead atoms. The van der Waals surface area contributed by atoms with E-state index in [-0.39, 0.29) is 5.76 Å². The third kappa shape index (κ3) is 4.08. The average Bonchev–Trinajstić information content (AvgIpc) is 2.98. The SMILES string of the molecule is Cc1cc(CNCCOC2CCCC2)oc1C(=O)O. The Balaban J connectivity index is 1.65. The summed E-state index contributed by atoms with van der Waals surface area (Å²) in [6.07, 6.45) is 5.36. The van der Waals surface area contributed by atoms with Crippen LogP contribution in [-0.4, -0.2) is 30.3 Å². The van der Waals surface area contributed by atoms with Crippen molar-refractivity contribution in [2.24, 2.45) is 0 Å². The van der Waals surface area contributed by atoms with Gasteiger partial charge in [-0.15, -0.1) is 0 Å². The maximum atomic E-state index is 10.8. The van der Waals surface area contributed by atoms with Crippen LogP contribution in [0.3, 0.4) is 0 Å². The maximum Gasteiger partial charge on any atom is 0.372 e. The summed E-state index contributed by atoms with van der Waals surface area (Å²) in [4.78, 5) is 10.8. The second-order valence-electron chi connectivity index (χ2n) is 4.98. The highest BCUT2D eigenvalue weighted by molar-refractivity contribution is 5.86. The predicted octanol–water partition coefficient (Wildman–Crippen LogP) is 2.34. The van der Waals surface area contributed by atoms with Gasteiger partial charge < -0.3 is 19.6 Å². The number of hydrogen-bond acceptors (Lipinski definition) is 4. The van der Waals surface area contributed by atoms with E-state index in [1.807, 2.05) is 0 Å². The highest BCUT2D eigenvalue weighted by Crippen LogP contribution is 2.20. The first-order chi connectivity index (χ1) is 9.16. The van der Waals surface area contributed by atoms with Crippen LogP contribution in [0.25, 0.3) is 0 Å². The summed E-state index contributed by atoms with van der Waals surface area (Å²) < 4.78 is 11.0. The van der Waals surface area contributed by atoms with Crippen molar-refractivity contribution in [3.8, 4) is 0 Å². The molecule has 0 aliphatic heterocycles. The molecule has 0 radical (unpaired) electrons. The zero-order valence-electron chi connectivity index (χ0n) is 11.3. The van der Waals surface area contributed by atoms with Gasteiger partial charge >= 0.3 is 5.97 Å². The summed E-state index contributed by atoms with van der Waals surface area (Å²) in [5, 5.41) is 12.1. The molecule has 0 amide bonds. The number of ether oxygens (including phenoxy) is 1. The van der Waals surface area contributed by atoms with E-state index in [0.29, 0.717) is 30.6 Å². The third-order valence-electron chi connectivity index (χ3n) is 3.40. The number of aromatic carboxylic acids is 1. The van der Waals surface area contributed by atoms with E-state index in [0.717, 1.165) is 6.54 Å². The highest BCUT2D eigenvalue weighted by Gasteiger charge is 2.15. The molecule has 0 atom stereocenters. The number of carboxylic acid groups (broad SMARTS) is 1. The standard InChI is InChI=1S/C14H21NO4/c1-10-8-12(19-13(10)14(16)17)9-15-6-7-18-11-4-2-3-5-11/h8,11,15H,2-7,9H2,1H3,(H,16,17). The van der Waals surface area contributed by atoms with E-state index in [1.165, 1.54) is 25.7 Å². The lowest BCUT2D eigenvalue weighted by Gasteiger charge is -2.10. The van der Waals surface area contributed by atoms with Crippen LogP contribution < -0.4 is 5.32 Å². The molecule has 0 unspecified atom stereocenters. The van der Waals surface area contributed by atoms with E-state index < -0.39 is 5.97 Å². The average molecular weight is 267 g/mol. The van der Waals surface area contributed by atoms with Crippen LogP contribution in [0.5, 0.6) is 0 Å². The maximum absolute atomic E-state index is 10.8. The van der Waals surface area contributed by atoms with Crippen molar-refractivity contribution in [1.82, 2.24) is 5.32 Å². The number of carboxylic acids is 1. The monoisotopic (exact) mass is 267 g/mol. The smallest absolute Gasteiger partial charge is 0.372 e. The molecule has 1 saturated carbocycles. The summed E-state index contributed by atoms with van der Waals surface area (Å²) in [7, 11) is 0. The van der Waals surface area contributed by atoms with Gasteiger partial charge in [-0.05, 0) is 25.8 Å². The largest absolute Gasteiger partial charge is 0.475 e. The molecule has 5 nitrogen and oxygen atoms in total. The van der Waals surface area contributed by atoms with Gasteiger partial charge in [-0.25, -0.2) is 4.79 Å². The second-order valence-corrected chi connectivity index (χ2v) is 4.98. The lowest BCUT2D eigenvalue weighted by atomic mass is 10.2. The molecule has 1 fully saturated rings. The van der Waals surface area contributed by atoms with Crippen molar-refractivity contribution < 1.29 is 19.1 Å². The highest BCUT2D eigenvalue weighted by atomic mass is 16.5. The van der Waals surface area contributed by atoms with Crippen LogP contribution in [0.1, 0.15) is 47.6 Å². The van der Waals surface area contributed by atoms with Crippen LogP contribution >= 0.6 is 0 Å². The van der Waals surface area contributed by atoms with Crippen molar-refractivity contribution in [1.29, 1.82) is 0 Å². The normalized spacial score (nSPS) is 16.1. The van der Waals surface area contributed by atoms with E-state index in [4.69, 9.17) is 14.3 Å². The number of rotatable bonds is 7. The minimum atomic E-state index is -1.02. The Morgan fingerprint density at radius 1 is 1.53 bits per heavy atom. The molecule has 5 heteroatoms. The molecule has 19 heavy (non-hydrogen) atoms. The Morgan fingerprint density at radius 3 is 2.89 bits per heavy atom. The van der Waals surface area contributed by atoms with Gasteiger partial charge in [-0.1, -0.05) is 12.8 Å². The van der Waals surface area contributed by atoms with Gasteiger partial charge in [-0.3, -0.25) is 0 Å². The second kappa shape index (κ2) is 6.73. The van der Waals surface area contributed by atoms with E-state index in [9.17, 15) is 4.79 Å². The van der Waals surface area contributed by atoms with Gasteiger partial charge in [0.15, 0.2) is 0 Å². The number of carbonyl (C=O) groups is 1. The molecule has 1 aliphatic rings. The Hall–Kier alpha value is -1.33. The molecule has 2 rings (SSSR count). The number of hydrogen-bond donors (Lipinski definition) is 2. The zero-order valence-corrected chi connectivity index (χ0v) is 11.3. The predicted molar refractivity (Wildman–Crippen MR) is 70.3 cm³/mol. The van der Waals surface area contributed by atoms with Gasteiger partial charge in [0, 0.05) is 12.1 Å². The Bertz CT molecular complexity index is 421. The van der Waals surface area contributed by atoms with Gasteiger partial charge in [0.2, 0.25) is 5.76 Å². The molecule has 1 heterocycles. The summed E-state index contributed by atoms with van der Waals surface area (Å²) in [5.74, 6) is -0.344. The quantitative estimate of drug-likeness (QED) is 0.742. The van der Waals surface area contributed by atoms with Gasteiger partial charge in [-0.2, -0.15) is 0 Å². The molecule has 1 aromatic rings. The first-order valence-electron chi connectivity index (χ1n) is 6.81. The van der Waals surface area contributed by atoms with Gasteiger partial charge in [0.05, 0.1) is 19.3 Å². The lowest BCUT2D eigenvalue weighted by molar-refractivity contribution is 0.0598. The summed E-state index contributed by atoms with van der Waals surface area (Å²) in [6.45, 7) is 3.70. The molecule has 106 valence electrons. The molecule has 1 aromatic heterocycles. The molecule has 2 N–H and O–H groups in total. The lowest BCUT2D eigenvalue weighted by Crippen LogP contribution is -2.21. The van der Waals surface area contributed by atoms with Crippen molar-refractivity contribution in [2.45, 2.75) is 45.3 Å². The van der Waals surface area contributed by atoms with E-state index in [1.54, 1.807) is 13.0 Å². The van der Waals surface area contributed by atoms with E-state index in [2.05, 4.69) is 5.32 Å². The van der Waals surface area contributed by atoms with Crippen LogP contribution in [0.4, 0.5) is 0 Å². The topological polar surface area (TPSA) is 71.7 Å².